The Balaban J connectivity index is 1.98. The van der Waals surface area contributed by atoms with Crippen LogP contribution in [0.5, 0.6) is 0 Å². The van der Waals surface area contributed by atoms with Crippen molar-refractivity contribution in [3.8, 4) is 0 Å². The summed E-state index contributed by atoms with van der Waals surface area (Å²) in [6.07, 6.45) is 2.24. The predicted molar refractivity (Wildman–Crippen MR) is 71.2 cm³/mol. The molecule has 18 heavy (non-hydrogen) atoms. The molecule has 0 aromatic heterocycles. The second kappa shape index (κ2) is 6.01. The minimum absolute atomic E-state index is 0.0321. The Morgan fingerprint density at radius 3 is 2.78 bits per heavy atom. The smallest absolute Gasteiger partial charge is 0.320 e. The first kappa shape index (κ1) is 13.1. The second-order valence-electron chi connectivity index (χ2n) is 5.08. The van der Waals surface area contributed by atoms with Gasteiger partial charge < -0.3 is 4.74 Å². The SMILES string of the molecule is CC(C)OC(=O)CN1CCCC1c1ccccc1. The van der Waals surface area contributed by atoms with Gasteiger partial charge in [-0.3, -0.25) is 9.69 Å². The minimum Gasteiger partial charge on any atom is -0.462 e. The molecule has 1 aliphatic heterocycles. The summed E-state index contributed by atoms with van der Waals surface area (Å²) >= 11 is 0. The zero-order chi connectivity index (χ0) is 13.0. The molecule has 2 rings (SSSR count). The molecule has 1 aliphatic rings. The van der Waals surface area contributed by atoms with Gasteiger partial charge in [0.1, 0.15) is 0 Å². The number of hydrogen-bond acceptors (Lipinski definition) is 3. The number of esters is 1. The number of rotatable bonds is 4. The number of ether oxygens (including phenoxy) is 1. The Morgan fingerprint density at radius 2 is 2.11 bits per heavy atom. The lowest BCUT2D eigenvalue weighted by Crippen LogP contribution is -2.31. The third-order valence-electron chi connectivity index (χ3n) is 3.25. The van der Waals surface area contributed by atoms with E-state index in [1.165, 1.54) is 5.56 Å². The third kappa shape index (κ3) is 3.33. The molecule has 1 atom stereocenters. The van der Waals surface area contributed by atoms with Gasteiger partial charge in [-0.15, -0.1) is 0 Å². The molecule has 1 heterocycles. The average Bonchev–Trinajstić information content (AvgIpc) is 2.77. The van der Waals surface area contributed by atoms with Crippen LogP contribution in [0.2, 0.25) is 0 Å². The van der Waals surface area contributed by atoms with Crippen LogP contribution in [0.1, 0.15) is 38.3 Å². The fraction of sp³-hybridized carbons (Fsp3) is 0.533. The van der Waals surface area contributed by atoms with Crippen molar-refractivity contribution < 1.29 is 9.53 Å². The summed E-state index contributed by atoms with van der Waals surface area (Å²) in [7, 11) is 0. The molecule has 0 amide bonds. The Bertz CT molecular complexity index is 389. The van der Waals surface area contributed by atoms with Crippen LogP contribution >= 0.6 is 0 Å². The van der Waals surface area contributed by atoms with Crippen LogP contribution in [0.15, 0.2) is 30.3 Å². The monoisotopic (exact) mass is 247 g/mol. The molecular weight excluding hydrogens is 226 g/mol. The maximum atomic E-state index is 11.7. The largest absolute Gasteiger partial charge is 0.462 e. The van der Waals surface area contributed by atoms with E-state index in [0.717, 1.165) is 19.4 Å². The molecule has 1 aromatic carbocycles. The van der Waals surface area contributed by atoms with Crippen LogP contribution in [-0.4, -0.2) is 30.1 Å². The van der Waals surface area contributed by atoms with Gasteiger partial charge in [0.15, 0.2) is 0 Å². The molecule has 1 fully saturated rings. The van der Waals surface area contributed by atoms with Crippen molar-refractivity contribution in [3.05, 3.63) is 35.9 Å². The first-order valence-electron chi connectivity index (χ1n) is 6.65. The van der Waals surface area contributed by atoms with Crippen molar-refractivity contribution in [3.63, 3.8) is 0 Å². The van der Waals surface area contributed by atoms with Gasteiger partial charge in [-0.25, -0.2) is 0 Å². The van der Waals surface area contributed by atoms with Crippen molar-refractivity contribution in [1.82, 2.24) is 4.90 Å². The van der Waals surface area contributed by atoms with E-state index < -0.39 is 0 Å². The van der Waals surface area contributed by atoms with Gasteiger partial charge in [-0.2, -0.15) is 0 Å². The Kier molecular flexibility index (Phi) is 4.37. The van der Waals surface area contributed by atoms with E-state index in [9.17, 15) is 4.79 Å². The highest BCUT2D eigenvalue weighted by Crippen LogP contribution is 2.31. The average molecular weight is 247 g/mol. The number of nitrogens with zero attached hydrogens (tertiary/aromatic N) is 1. The summed E-state index contributed by atoms with van der Waals surface area (Å²) in [5.74, 6) is -0.118. The summed E-state index contributed by atoms with van der Waals surface area (Å²) in [5, 5.41) is 0. The topological polar surface area (TPSA) is 29.5 Å². The fourth-order valence-electron chi connectivity index (χ4n) is 2.53. The number of carbonyl (C=O) groups excluding carboxylic acids is 1. The Morgan fingerprint density at radius 1 is 1.39 bits per heavy atom. The van der Waals surface area contributed by atoms with Gasteiger partial charge in [0, 0.05) is 6.04 Å². The van der Waals surface area contributed by atoms with Crippen molar-refractivity contribution in [2.24, 2.45) is 0 Å². The predicted octanol–water partition coefficient (Wildman–Crippen LogP) is 2.78. The van der Waals surface area contributed by atoms with Crippen LogP contribution in [0, 0.1) is 0 Å². The maximum Gasteiger partial charge on any atom is 0.320 e. The van der Waals surface area contributed by atoms with E-state index in [0.29, 0.717) is 12.6 Å². The summed E-state index contributed by atoms with van der Waals surface area (Å²) in [5.41, 5.74) is 1.30. The van der Waals surface area contributed by atoms with Crippen LogP contribution in [-0.2, 0) is 9.53 Å². The van der Waals surface area contributed by atoms with Crippen LogP contribution in [0.3, 0.4) is 0 Å². The lowest BCUT2D eigenvalue weighted by atomic mass is 10.0. The summed E-state index contributed by atoms with van der Waals surface area (Å²) in [4.78, 5) is 13.9. The molecule has 0 N–H and O–H groups in total. The molecule has 1 saturated heterocycles. The zero-order valence-electron chi connectivity index (χ0n) is 11.1. The van der Waals surface area contributed by atoms with E-state index in [-0.39, 0.29) is 12.1 Å². The molecule has 0 spiro atoms. The number of carbonyl (C=O) groups is 1. The Labute approximate surface area is 109 Å². The molecule has 3 heteroatoms. The standard InChI is InChI=1S/C15H21NO2/c1-12(2)18-15(17)11-16-10-6-9-14(16)13-7-4-3-5-8-13/h3-5,7-8,12,14H,6,9-11H2,1-2H3. The summed E-state index contributed by atoms with van der Waals surface area (Å²) < 4.78 is 5.22. The molecule has 98 valence electrons. The maximum absolute atomic E-state index is 11.7. The van der Waals surface area contributed by atoms with E-state index in [2.05, 4.69) is 29.2 Å². The normalized spacial score (nSPS) is 20.3. The number of hydrogen-bond donors (Lipinski definition) is 0. The molecule has 0 saturated carbocycles. The number of benzene rings is 1. The highest BCUT2D eigenvalue weighted by Gasteiger charge is 2.27. The fourth-order valence-corrected chi connectivity index (χ4v) is 2.53. The first-order chi connectivity index (χ1) is 8.66. The van der Waals surface area contributed by atoms with Crippen molar-refractivity contribution in [2.45, 2.75) is 38.8 Å². The molecule has 1 unspecified atom stereocenters. The summed E-state index contributed by atoms with van der Waals surface area (Å²) in [6.45, 7) is 5.15. The van der Waals surface area contributed by atoms with Crippen molar-refractivity contribution >= 4 is 5.97 Å². The van der Waals surface area contributed by atoms with E-state index in [1.807, 2.05) is 19.9 Å². The van der Waals surface area contributed by atoms with Gasteiger partial charge in [-0.05, 0) is 38.8 Å². The van der Waals surface area contributed by atoms with E-state index >= 15 is 0 Å². The van der Waals surface area contributed by atoms with Crippen LogP contribution in [0.4, 0.5) is 0 Å². The van der Waals surface area contributed by atoms with E-state index in [4.69, 9.17) is 4.74 Å². The van der Waals surface area contributed by atoms with Gasteiger partial charge in [0.2, 0.25) is 0 Å². The highest BCUT2D eigenvalue weighted by molar-refractivity contribution is 5.72. The third-order valence-corrected chi connectivity index (χ3v) is 3.25. The lowest BCUT2D eigenvalue weighted by Gasteiger charge is -2.24. The van der Waals surface area contributed by atoms with Crippen LogP contribution < -0.4 is 0 Å². The van der Waals surface area contributed by atoms with Gasteiger partial charge in [0.05, 0.1) is 12.6 Å². The van der Waals surface area contributed by atoms with Gasteiger partial charge in [0.25, 0.3) is 0 Å². The number of likely N-dealkylation sites (tertiary alicyclic amines) is 1. The molecular formula is C15H21NO2. The Hall–Kier alpha value is -1.35. The van der Waals surface area contributed by atoms with Crippen molar-refractivity contribution in [1.29, 1.82) is 0 Å². The second-order valence-corrected chi connectivity index (χ2v) is 5.08. The van der Waals surface area contributed by atoms with Gasteiger partial charge >= 0.3 is 5.97 Å². The zero-order valence-corrected chi connectivity index (χ0v) is 11.1. The lowest BCUT2D eigenvalue weighted by molar-refractivity contribution is -0.148. The molecule has 1 aromatic rings. The van der Waals surface area contributed by atoms with Crippen molar-refractivity contribution in [2.75, 3.05) is 13.1 Å². The first-order valence-corrected chi connectivity index (χ1v) is 6.65. The van der Waals surface area contributed by atoms with Gasteiger partial charge in [-0.1, -0.05) is 30.3 Å². The summed E-state index contributed by atoms with van der Waals surface area (Å²) in [6, 6.07) is 10.8. The van der Waals surface area contributed by atoms with Crippen LogP contribution in [0.25, 0.3) is 0 Å². The molecule has 0 radical (unpaired) electrons. The molecule has 0 aliphatic carbocycles. The van der Waals surface area contributed by atoms with E-state index in [1.54, 1.807) is 0 Å². The quantitative estimate of drug-likeness (QED) is 0.766. The molecule has 3 nitrogen and oxygen atoms in total. The molecule has 0 bridgehead atoms. The highest BCUT2D eigenvalue weighted by atomic mass is 16.5. The minimum atomic E-state index is -0.118.